The van der Waals surface area contributed by atoms with Gasteiger partial charge in [-0.2, -0.15) is 4.98 Å². The molecule has 0 fully saturated rings. The summed E-state index contributed by atoms with van der Waals surface area (Å²) >= 11 is 0. The number of hydrogen-bond donors (Lipinski definition) is 3. The van der Waals surface area contributed by atoms with E-state index >= 15 is 0 Å². The minimum Gasteiger partial charge on any atom is -0.364 e. The first kappa shape index (κ1) is 14.6. The van der Waals surface area contributed by atoms with Crippen LogP contribution in [0.5, 0.6) is 0 Å². The molecular weight excluding hydrogens is 274 g/mol. The summed E-state index contributed by atoms with van der Waals surface area (Å²) in [6.07, 6.45) is 2.31. The van der Waals surface area contributed by atoms with E-state index in [4.69, 9.17) is 5.84 Å². The van der Waals surface area contributed by atoms with Gasteiger partial charge in [0.25, 0.3) is 0 Å². The van der Waals surface area contributed by atoms with Crippen LogP contribution < -0.4 is 16.6 Å². The Bertz CT molecular complexity index is 633. The van der Waals surface area contributed by atoms with Gasteiger partial charge in [0.05, 0.1) is 4.92 Å². The molecule has 0 aliphatic carbocycles. The van der Waals surface area contributed by atoms with Gasteiger partial charge >= 0.3 is 5.69 Å². The molecule has 4 N–H and O–H groups in total. The van der Waals surface area contributed by atoms with E-state index in [1.807, 2.05) is 18.2 Å². The topological polar surface area (TPSA) is 132 Å². The normalized spacial score (nSPS) is 10.2. The Labute approximate surface area is 120 Å². The average Bonchev–Trinajstić information content (AvgIpc) is 2.47. The highest BCUT2D eigenvalue weighted by Gasteiger charge is 2.21. The summed E-state index contributed by atoms with van der Waals surface area (Å²) in [5.41, 5.74) is 3.25. The zero-order valence-corrected chi connectivity index (χ0v) is 11.4. The largest absolute Gasteiger partial charge is 0.364 e. The van der Waals surface area contributed by atoms with Gasteiger partial charge in [0.2, 0.25) is 11.8 Å². The first-order valence-corrected chi connectivity index (χ1v) is 6.25. The van der Waals surface area contributed by atoms with Crippen LogP contribution in [0.4, 0.5) is 17.5 Å². The van der Waals surface area contributed by atoms with Crippen molar-refractivity contribution in [3.63, 3.8) is 0 Å². The lowest BCUT2D eigenvalue weighted by Gasteiger charge is -2.09. The number of nitrogens with two attached hydrogens (primary N) is 1. The number of pyridine rings is 1. The van der Waals surface area contributed by atoms with Gasteiger partial charge in [0.15, 0.2) is 0 Å². The smallest absolute Gasteiger partial charge is 0.332 e. The zero-order valence-electron chi connectivity index (χ0n) is 11.4. The van der Waals surface area contributed by atoms with Crippen molar-refractivity contribution in [3.05, 3.63) is 45.9 Å². The highest BCUT2D eigenvalue weighted by atomic mass is 16.6. The molecule has 0 aliphatic rings. The van der Waals surface area contributed by atoms with Gasteiger partial charge in [-0.15, -0.1) is 0 Å². The second-order valence-electron chi connectivity index (χ2n) is 4.23. The van der Waals surface area contributed by atoms with Gasteiger partial charge in [-0.1, -0.05) is 6.07 Å². The number of nitrogen functional groups attached to an aromatic ring is 1. The van der Waals surface area contributed by atoms with Crippen molar-refractivity contribution in [2.45, 2.75) is 13.3 Å². The molecule has 0 aromatic carbocycles. The molecule has 9 nitrogen and oxygen atoms in total. The van der Waals surface area contributed by atoms with Crippen molar-refractivity contribution in [2.24, 2.45) is 5.84 Å². The number of nitrogens with zero attached hydrogens (tertiary/aromatic N) is 4. The maximum Gasteiger partial charge on any atom is 0.332 e. The number of hydrazine groups is 1. The van der Waals surface area contributed by atoms with Gasteiger partial charge in [0, 0.05) is 24.9 Å². The number of nitro groups is 1. The third-order valence-electron chi connectivity index (χ3n) is 2.77. The van der Waals surface area contributed by atoms with E-state index in [0.717, 1.165) is 5.69 Å². The van der Waals surface area contributed by atoms with Crippen LogP contribution in [-0.4, -0.2) is 26.4 Å². The van der Waals surface area contributed by atoms with E-state index in [0.29, 0.717) is 13.0 Å². The summed E-state index contributed by atoms with van der Waals surface area (Å²) in [5.74, 6) is 5.51. The van der Waals surface area contributed by atoms with Crippen LogP contribution in [0.2, 0.25) is 0 Å². The summed E-state index contributed by atoms with van der Waals surface area (Å²) < 4.78 is 0. The van der Waals surface area contributed by atoms with E-state index in [-0.39, 0.29) is 23.1 Å². The molecule has 2 aromatic heterocycles. The molecule has 0 unspecified atom stereocenters. The van der Waals surface area contributed by atoms with Crippen LogP contribution in [0, 0.1) is 17.0 Å². The Hall–Kier alpha value is -2.81. The molecule has 110 valence electrons. The fraction of sp³-hybridized carbons (Fsp3) is 0.250. The summed E-state index contributed by atoms with van der Waals surface area (Å²) in [4.78, 5) is 22.6. The van der Waals surface area contributed by atoms with Gasteiger partial charge in [-0.3, -0.25) is 20.5 Å². The molecule has 2 heterocycles. The number of aryl methyl sites for hydroxylation is 1. The van der Waals surface area contributed by atoms with E-state index in [9.17, 15) is 10.1 Å². The molecule has 9 heteroatoms. The lowest BCUT2D eigenvalue weighted by molar-refractivity contribution is -0.385. The van der Waals surface area contributed by atoms with Crippen molar-refractivity contribution in [1.82, 2.24) is 15.0 Å². The maximum absolute atomic E-state index is 11.1. The van der Waals surface area contributed by atoms with Gasteiger partial charge in [0.1, 0.15) is 5.69 Å². The SMILES string of the molecule is Cc1nc(NN)nc(NCCc2ccccn2)c1[N+](=O)[O-]. The van der Waals surface area contributed by atoms with Crippen LogP contribution in [0.3, 0.4) is 0 Å². The second-order valence-corrected chi connectivity index (χ2v) is 4.23. The van der Waals surface area contributed by atoms with Crippen LogP contribution in [0.1, 0.15) is 11.4 Å². The van der Waals surface area contributed by atoms with E-state index in [2.05, 4.69) is 25.7 Å². The molecular formula is C12H15N7O2. The molecule has 21 heavy (non-hydrogen) atoms. The molecule has 2 aromatic rings. The zero-order chi connectivity index (χ0) is 15.2. The lowest BCUT2D eigenvalue weighted by Crippen LogP contribution is -2.15. The maximum atomic E-state index is 11.1. The number of rotatable bonds is 6. The molecule has 0 bridgehead atoms. The minimum absolute atomic E-state index is 0.124. The monoisotopic (exact) mass is 289 g/mol. The molecule has 0 atom stereocenters. The average molecular weight is 289 g/mol. The molecule has 2 rings (SSSR count). The summed E-state index contributed by atoms with van der Waals surface area (Å²) in [5, 5.41) is 14.0. The Kier molecular flexibility index (Phi) is 4.57. The van der Waals surface area contributed by atoms with Crippen molar-refractivity contribution in [2.75, 3.05) is 17.3 Å². The molecule has 0 aliphatic heterocycles. The predicted octanol–water partition coefficient (Wildman–Crippen LogP) is 1.03. The van der Waals surface area contributed by atoms with Gasteiger partial charge in [-0.05, 0) is 19.1 Å². The Morgan fingerprint density at radius 2 is 2.19 bits per heavy atom. The summed E-state index contributed by atoms with van der Waals surface area (Å²) in [7, 11) is 0. The first-order valence-electron chi connectivity index (χ1n) is 6.25. The number of anilines is 2. The number of aromatic nitrogens is 3. The molecule has 0 spiro atoms. The fourth-order valence-electron chi connectivity index (χ4n) is 1.83. The van der Waals surface area contributed by atoms with Crippen LogP contribution in [-0.2, 0) is 6.42 Å². The van der Waals surface area contributed by atoms with Crippen LogP contribution in [0.15, 0.2) is 24.4 Å². The fourth-order valence-corrected chi connectivity index (χ4v) is 1.83. The minimum atomic E-state index is -0.515. The summed E-state index contributed by atoms with van der Waals surface area (Å²) in [6.45, 7) is 1.99. The molecule has 0 amide bonds. The van der Waals surface area contributed by atoms with Crippen molar-refractivity contribution in [3.8, 4) is 0 Å². The highest BCUT2D eigenvalue weighted by molar-refractivity contribution is 5.60. The van der Waals surface area contributed by atoms with E-state index in [1.165, 1.54) is 6.92 Å². The van der Waals surface area contributed by atoms with Gasteiger partial charge < -0.3 is 5.32 Å². The Balaban J connectivity index is 2.14. The van der Waals surface area contributed by atoms with Crippen molar-refractivity contribution < 1.29 is 4.92 Å². The predicted molar refractivity (Wildman–Crippen MR) is 77.7 cm³/mol. The number of nitrogens with one attached hydrogen (secondary N) is 2. The highest BCUT2D eigenvalue weighted by Crippen LogP contribution is 2.26. The van der Waals surface area contributed by atoms with Crippen LogP contribution >= 0.6 is 0 Å². The number of hydrogen-bond acceptors (Lipinski definition) is 8. The Morgan fingerprint density at radius 1 is 1.38 bits per heavy atom. The van der Waals surface area contributed by atoms with E-state index in [1.54, 1.807) is 6.20 Å². The summed E-state index contributed by atoms with van der Waals surface area (Å²) in [6, 6.07) is 5.60. The van der Waals surface area contributed by atoms with Crippen LogP contribution in [0.25, 0.3) is 0 Å². The molecule has 0 radical (unpaired) electrons. The van der Waals surface area contributed by atoms with Gasteiger partial charge in [-0.25, -0.2) is 10.8 Å². The second kappa shape index (κ2) is 6.57. The van der Waals surface area contributed by atoms with Crippen molar-refractivity contribution >= 4 is 17.5 Å². The molecule has 0 saturated heterocycles. The Morgan fingerprint density at radius 3 is 2.81 bits per heavy atom. The third-order valence-corrected chi connectivity index (χ3v) is 2.77. The quantitative estimate of drug-likeness (QED) is 0.408. The first-order chi connectivity index (χ1) is 10.1. The lowest BCUT2D eigenvalue weighted by atomic mass is 10.2. The van der Waals surface area contributed by atoms with E-state index < -0.39 is 4.92 Å². The standard InChI is InChI=1S/C12H15N7O2/c1-8-10(19(20)21)11(17-12(16-8)18-13)15-7-5-9-4-2-3-6-14-9/h2-4,6H,5,7,13H2,1H3,(H2,15,16,17,18). The third kappa shape index (κ3) is 3.60. The van der Waals surface area contributed by atoms with Crippen molar-refractivity contribution in [1.29, 1.82) is 0 Å². The molecule has 0 saturated carbocycles.